The predicted octanol–water partition coefficient (Wildman–Crippen LogP) is -1.55. The van der Waals surface area contributed by atoms with E-state index >= 15 is 0 Å². The molecule has 0 radical (unpaired) electrons. The van der Waals surface area contributed by atoms with E-state index in [0.717, 1.165) is 6.26 Å². The van der Waals surface area contributed by atoms with Crippen LogP contribution in [-0.2, 0) is 9.84 Å². The number of aromatic amines is 1. The number of nitrogen functional groups attached to an aromatic ring is 1. The fraction of sp³-hybridized carbons (Fsp3) is 0.167. The molecule has 1 rings (SSSR count). The lowest BCUT2D eigenvalue weighted by Crippen LogP contribution is -2.23. The highest BCUT2D eigenvalue weighted by molar-refractivity contribution is 7.90. The Morgan fingerprint density at radius 2 is 2.07 bits per heavy atom. The van der Waals surface area contributed by atoms with Gasteiger partial charge in [-0.15, -0.1) is 0 Å². The van der Waals surface area contributed by atoms with Gasteiger partial charge in [0, 0.05) is 6.26 Å². The molecule has 8 nitrogen and oxygen atoms in total. The third kappa shape index (κ3) is 2.13. The van der Waals surface area contributed by atoms with Crippen molar-refractivity contribution in [3.8, 4) is 0 Å². The molecule has 0 aliphatic rings. The van der Waals surface area contributed by atoms with E-state index in [4.69, 9.17) is 10.8 Å². The second kappa shape index (κ2) is 3.35. The molecule has 0 spiro atoms. The van der Waals surface area contributed by atoms with Crippen LogP contribution in [0.25, 0.3) is 0 Å². The van der Waals surface area contributed by atoms with Crippen LogP contribution in [0.5, 0.6) is 0 Å². The summed E-state index contributed by atoms with van der Waals surface area (Å²) in [6.45, 7) is 0. The van der Waals surface area contributed by atoms with E-state index in [1.54, 1.807) is 0 Å². The largest absolute Gasteiger partial charge is 0.477 e. The lowest BCUT2D eigenvalue weighted by molar-refractivity contribution is 0.0692. The van der Waals surface area contributed by atoms with Gasteiger partial charge in [0.2, 0.25) is 0 Å². The number of hydrogen-bond donors (Lipinski definition) is 3. The van der Waals surface area contributed by atoms with Gasteiger partial charge in [0.25, 0.3) is 0 Å². The first-order valence-corrected chi connectivity index (χ1v) is 5.45. The van der Waals surface area contributed by atoms with Crippen molar-refractivity contribution in [3.63, 3.8) is 0 Å². The van der Waals surface area contributed by atoms with Gasteiger partial charge in [-0.25, -0.2) is 18.0 Å². The molecule has 0 aliphatic heterocycles. The van der Waals surface area contributed by atoms with Gasteiger partial charge in [0.15, 0.2) is 14.9 Å². The van der Waals surface area contributed by atoms with Gasteiger partial charge in [-0.1, -0.05) is 0 Å². The molecule has 1 aromatic heterocycles. The maximum atomic E-state index is 11.1. The SMILES string of the molecule is CS(=O)(=O)c1[nH]c(=O)nc(N)c1C(=O)O. The first-order chi connectivity index (χ1) is 6.73. The van der Waals surface area contributed by atoms with Gasteiger partial charge in [-0.05, 0) is 0 Å². The van der Waals surface area contributed by atoms with Crippen molar-refractivity contribution < 1.29 is 18.3 Å². The number of nitrogens with zero attached hydrogens (tertiary/aromatic N) is 1. The minimum atomic E-state index is -3.88. The zero-order valence-electron chi connectivity index (χ0n) is 7.51. The second-order valence-corrected chi connectivity index (χ2v) is 4.66. The Labute approximate surface area is 83.7 Å². The third-order valence-corrected chi connectivity index (χ3v) is 2.56. The molecule has 0 amide bonds. The fourth-order valence-electron chi connectivity index (χ4n) is 0.954. The normalized spacial score (nSPS) is 11.3. The van der Waals surface area contributed by atoms with Crippen LogP contribution in [0, 0.1) is 0 Å². The first kappa shape index (κ1) is 11.2. The Kier molecular flexibility index (Phi) is 2.50. The van der Waals surface area contributed by atoms with Crippen molar-refractivity contribution in [2.75, 3.05) is 12.0 Å². The van der Waals surface area contributed by atoms with Gasteiger partial charge >= 0.3 is 11.7 Å². The number of carboxylic acid groups (broad SMARTS) is 1. The van der Waals surface area contributed by atoms with Gasteiger partial charge in [0.05, 0.1) is 0 Å². The first-order valence-electron chi connectivity index (χ1n) is 3.56. The Morgan fingerprint density at radius 1 is 1.53 bits per heavy atom. The Balaban J connectivity index is 3.78. The molecule has 9 heteroatoms. The number of nitrogens with two attached hydrogens (primary N) is 1. The number of nitrogens with one attached hydrogen (secondary N) is 1. The lowest BCUT2D eigenvalue weighted by Gasteiger charge is -2.04. The summed E-state index contributed by atoms with van der Waals surface area (Å²) in [6, 6.07) is 0. The molecule has 0 fully saturated rings. The third-order valence-electron chi connectivity index (χ3n) is 1.51. The highest BCUT2D eigenvalue weighted by Crippen LogP contribution is 2.15. The van der Waals surface area contributed by atoms with Crippen molar-refractivity contribution >= 4 is 21.6 Å². The average Bonchev–Trinajstić information content (AvgIpc) is 1.99. The monoisotopic (exact) mass is 233 g/mol. The van der Waals surface area contributed by atoms with E-state index in [9.17, 15) is 18.0 Å². The van der Waals surface area contributed by atoms with Crippen molar-refractivity contribution in [2.24, 2.45) is 0 Å². The molecule has 1 heterocycles. The number of carboxylic acids is 1. The van der Waals surface area contributed by atoms with Gasteiger partial charge in [-0.2, -0.15) is 4.98 Å². The zero-order chi connectivity index (χ0) is 11.8. The van der Waals surface area contributed by atoms with E-state index in [-0.39, 0.29) is 0 Å². The number of hydrogen-bond acceptors (Lipinski definition) is 6. The number of carbonyl (C=O) groups is 1. The number of rotatable bonds is 2. The summed E-state index contributed by atoms with van der Waals surface area (Å²) in [5, 5.41) is 7.95. The molecule has 4 N–H and O–H groups in total. The molecule has 0 saturated carbocycles. The highest BCUT2D eigenvalue weighted by atomic mass is 32.2. The highest BCUT2D eigenvalue weighted by Gasteiger charge is 2.23. The van der Waals surface area contributed by atoms with E-state index in [1.165, 1.54) is 0 Å². The fourth-order valence-corrected chi connectivity index (χ4v) is 1.79. The molecule has 0 aromatic carbocycles. The summed E-state index contributed by atoms with van der Waals surface area (Å²) in [7, 11) is -3.88. The smallest absolute Gasteiger partial charge is 0.347 e. The van der Waals surface area contributed by atoms with Crippen LogP contribution < -0.4 is 11.4 Å². The summed E-state index contributed by atoms with van der Waals surface area (Å²) in [6.07, 6.45) is 0.754. The standard InChI is InChI=1S/C6H7N3O5S/c1-15(13,14)4-2(5(10)11)3(7)8-6(12)9-4/h1H3,(H,10,11)(H3,7,8,9,12). The molecule has 0 unspecified atom stereocenters. The minimum Gasteiger partial charge on any atom is -0.477 e. The topological polar surface area (TPSA) is 143 Å². The maximum absolute atomic E-state index is 11.1. The van der Waals surface area contributed by atoms with Gasteiger partial charge in [0.1, 0.15) is 11.4 Å². The van der Waals surface area contributed by atoms with Crippen LogP contribution in [0.4, 0.5) is 5.82 Å². The second-order valence-electron chi connectivity index (χ2n) is 2.71. The van der Waals surface area contributed by atoms with Crippen molar-refractivity contribution in [3.05, 3.63) is 16.0 Å². The molecule has 82 valence electrons. The van der Waals surface area contributed by atoms with E-state index < -0.39 is 37.9 Å². The maximum Gasteiger partial charge on any atom is 0.347 e. The number of anilines is 1. The molecule has 0 bridgehead atoms. The zero-order valence-corrected chi connectivity index (χ0v) is 8.33. The van der Waals surface area contributed by atoms with Gasteiger partial charge < -0.3 is 10.8 Å². The molecular formula is C6H7N3O5S. The molecule has 0 atom stereocenters. The lowest BCUT2D eigenvalue weighted by atomic mass is 10.3. The molecule has 0 aliphatic carbocycles. The number of aromatic carboxylic acids is 1. The molecule has 1 aromatic rings. The quantitative estimate of drug-likeness (QED) is 0.524. The summed E-state index contributed by atoms with van der Waals surface area (Å²) in [4.78, 5) is 26.4. The number of sulfone groups is 1. The van der Waals surface area contributed by atoms with Gasteiger partial charge in [-0.3, -0.25) is 4.98 Å². The summed E-state index contributed by atoms with van der Waals surface area (Å²) in [5.74, 6) is -2.21. The van der Waals surface area contributed by atoms with Crippen molar-refractivity contribution in [1.82, 2.24) is 9.97 Å². The predicted molar refractivity (Wildman–Crippen MR) is 49.3 cm³/mol. The van der Waals surface area contributed by atoms with Crippen LogP contribution >= 0.6 is 0 Å². The van der Waals surface area contributed by atoms with Crippen LogP contribution in [0.3, 0.4) is 0 Å². The molecular weight excluding hydrogens is 226 g/mol. The summed E-state index contributed by atoms with van der Waals surface area (Å²) >= 11 is 0. The number of H-pyrrole nitrogens is 1. The van der Waals surface area contributed by atoms with Crippen molar-refractivity contribution in [1.29, 1.82) is 0 Å². The Morgan fingerprint density at radius 3 is 2.47 bits per heavy atom. The summed E-state index contributed by atoms with van der Waals surface area (Å²) < 4.78 is 22.3. The van der Waals surface area contributed by atoms with E-state index in [0.29, 0.717) is 0 Å². The minimum absolute atomic E-state index is 0.633. The molecule has 15 heavy (non-hydrogen) atoms. The van der Waals surface area contributed by atoms with E-state index in [1.807, 2.05) is 4.98 Å². The summed E-state index contributed by atoms with van der Waals surface area (Å²) in [5.41, 5.74) is 3.40. The average molecular weight is 233 g/mol. The van der Waals surface area contributed by atoms with Crippen LogP contribution in [0.15, 0.2) is 9.82 Å². The van der Waals surface area contributed by atoms with E-state index in [2.05, 4.69) is 4.98 Å². The molecule has 0 saturated heterocycles. The number of aromatic nitrogens is 2. The Hall–Kier alpha value is -1.90. The van der Waals surface area contributed by atoms with Crippen LogP contribution in [0.1, 0.15) is 10.4 Å². The van der Waals surface area contributed by atoms with Crippen LogP contribution in [-0.4, -0.2) is 35.7 Å². The van der Waals surface area contributed by atoms with Crippen molar-refractivity contribution in [2.45, 2.75) is 5.03 Å². The Bertz CT molecular complexity index is 573. The van der Waals surface area contributed by atoms with Crippen LogP contribution in [0.2, 0.25) is 0 Å².